The van der Waals surface area contributed by atoms with Crippen LogP contribution in [0.2, 0.25) is 0 Å². The molecule has 0 aliphatic heterocycles. The van der Waals surface area contributed by atoms with Crippen LogP contribution in [-0.2, 0) is 11.3 Å². The summed E-state index contributed by atoms with van der Waals surface area (Å²) in [6.45, 7) is 7.60. The van der Waals surface area contributed by atoms with Crippen molar-refractivity contribution in [2.45, 2.75) is 34.2 Å². The zero-order valence-electron chi connectivity index (χ0n) is 19.7. The molecule has 0 saturated carbocycles. The predicted octanol–water partition coefficient (Wildman–Crippen LogP) is 5.05. The molecule has 2 aromatic carbocycles. The van der Waals surface area contributed by atoms with E-state index in [2.05, 4.69) is 20.4 Å². The molecular formula is C26H23N5O3S. The van der Waals surface area contributed by atoms with Gasteiger partial charge in [0, 0.05) is 11.3 Å². The Bertz CT molecular complexity index is 1650. The van der Waals surface area contributed by atoms with Crippen LogP contribution < -0.4 is 10.9 Å². The van der Waals surface area contributed by atoms with Crippen molar-refractivity contribution < 1.29 is 9.32 Å². The first-order chi connectivity index (χ1) is 16.8. The largest absolute Gasteiger partial charge is 0.333 e. The number of amides is 1. The molecular weight excluding hydrogens is 462 g/mol. The fourth-order valence-electron chi connectivity index (χ4n) is 4.02. The maximum absolute atomic E-state index is 13.2. The Hall–Kier alpha value is -4.11. The standard InChI is InChI=1S/C26H23N5O3S/c1-14-9-10-19(16(3)11-14)28-20(32)12-31-13-27-25-21(26(31)33)17(4)22(35-25)24-29-23(30-34-24)18-8-6-5-7-15(18)2/h5-11,13H,12H2,1-4H3,(H,28,32). The van der Waals surface area contributed by atoms with Gasteiger partial charge in [-0.25, -0.2) is 4.98 Å². The van der Waals surface area contributed by atoms with Gasteiger partial charge < -0.3 is 9.84 Å². The lowest BCUT2D eigenvalue weighted by Crippen LogP contribution is -2.28. The minimum absolute atomic E-state index is 0.141. The summed E-state index contributed by atoms with van der Waals surface area (Å²) in [5.74, 6) is 0.527. The van der Waals surface area contributed by atoms with Gasteiger partial charge in [0.1, 0.15) is 11.4 Å². The van der Waals surface area contributed by atoms with Crippen LogP contribution in [0, 0.1) is 27.7 Å². The van der Waals surface area contributed by atoms with Crippen LogP contribution in [0.15, 0.2) is 58.1 Å². The van der Waals surface area contributed by atoms with E-state index in [1.807, 2.05) is 70.2 Å². The molecule has 35 heavy (non-hydrogen) atoms. The molecule has 0 aliphatic rings. The minimum Gasteiger partial charge on any atom is -0.333 e. The van der Waals surface area contributed by atoms with E-state index in [-0.39, 0.29) is 18.0 Å². The van der Waals surface area contributed by atoms with Crippen molar-refractivity contribution in [3.8, 4) is 22.2 Å². The zero-order valence-corrected chi connectivity index (χ0v) is 20.6. The minimum atomic E-state index is -0.298. The predicted molar refractivity (Wildman–Crippen MR) is 137 cm³/mol. The lowest BCUT2D eigenvalue weighted by atomic mass is 10.1. The molecule has 5 aromatic rings. The number of hydrogen-bond acceptors (Lipinski definition) is 7. The van der Waals surface area contributed by atoms with Crippen molar-refractivity contribution in [3.05, 3.63) is 81.4 Å². The Morgan fingerprint density at radius 1 is 1.09 bits per heavy atom. The quantitative estimate of drug-likeness (QED) is 0.374. The molecule has 0 fully saturated rings. The molecule has 0 unspecified atom stereocenters. The lowest BCUT2D eigenvalue weighted by Gasteiger charge is -2.10. The van der Waals surface area contributed by atoms with Crippen LogP contribution in [0.5, 0.6) is 0 Å². The third-order valence-electron chi connectivity index (χ3n) is 5.89. The van der Waals surface area contributed by atoms with Crippen LogP contribution in [0.25, 0.3) is 32.4 Å². The summed E-state index contributed by atoms with van der Waals surface area (Å²) in [5.41, 5.74) is 5.13. The van der Waals surface area contributed by atoms with Crippen molar-refractivity contribution in [2.75, 3.05) is 5.32 Å². The number of nitrogens with zero attached hydrogens (tertiary/aromatic N) is 4. The zero-order chi connectivity index (χ0) is 24.7. The number of carbonyl (C=O) groups excluding carboxylic acids is 1. The molecule has 8 nitrogen and oxygen atoms in total. The summed E-state index contributed by atoms with van der Waals surface area (Å²) in [7, 11) is 0. The fourth-order valence-corrected chi connectivity index (χ4v) is 5.08. The van der Waals surface area contributed by atoms with Gasteiger partial charge in [0.25, 0.3) is 11.4 Å². The summed E-state index contributed by atoms with van der Waals surface area (Å²) < 4.78 is 6.86. The third kappa shape index (κ3) is 4.26. The van der Waals surface area contributed by atoms with E-state index >= 15 is 0 Å². The number of aromatic nitrogens is 4. The van der Waals surface area contributed by atoms with Crippen molar-refractivity contribution in [2.24, 2.45) is 0 Å². The molecule has 1 amide bonds. The molecule has 0 bridgehead atoms. The molecule has 0 radical (unpaired) electrons. The fraction of sp³-hybridized carbons (Fsp3) is 0.192. The molecule has 0 spiro atoms. The second kappa shape index (κ2) is 8.92. The van der Waals surface area contributed by atoms with E-state index in [0.717, 1.165) is 27.9 Å². The van der Waals surface area contributed by atoms with Crippen molar-refractivity contribution in [1.29, 1.82) is 0 Å². The van der Waals surface area contributed by atoms with Gasteiger partial charge in [-0.2, -0.15) is 4.98 Å². The first kappa shape index (κ1) is 22.7. The third-order valence-corrected chi connectivity index (χ3v) is 7.08. The number of hydrogen-bond donors (Lipinski definition) is 1. The van der Waals surface area contributed by atoms with E-state index in [1.54, 1.807) is 0 Å². The molecule has 3 heterocycles. The maximum atomic E-state index is 13.2. The molecule has 0 aliphatic carbocycles. The molecule has 176 valence electrons. The smallest absolute Gasteiger partial charge is 0.268 e. The highest BCUT2D eigenvalue weighted by atomic mass is 32.1. The summed E-state index contributed by atoms with van der Waals surface area (Å²) in [5, 5.41) is 7.45. The van der Waals surface area contributed by atoms with Gasteiger partial charge in [-0.05, 0) is 50.5 Å². The average Bonchev–Trinajstić information content (AvgIpc) is 3.43. The van der Waals surface area contributed by atoms with Gasteiger partial charge in [0.15, 0.2) is 0 Å². The second-order valence-electron chi connectivity index (χ2n) is 8.52. The average molecular weight is 486 g/mol. The summed E-state index contributed by atoms with van der Waals surface area (Å²) >= 11 is 1.32. The van der Waals surface area contributed by atoms with Crippen LogP contribution in [0.4, 0.5) is 5.69 Å². The number of aryl methyl sites for hydroxylation is 4. The van der Waals surface area contributed by atoms with Crippen LogP contribution in [-0.4, -0.2) is 25.6 Å². The van der Waals surface area contributed by atoms with Gasteiger partial charge >= 0.3 is 0 Å². The monoisotopic (exact) mass is 485 g/mol. The van der Waals surface area contributed by atoms with E-state index in [9.17, 15) is 9.59 Å². The second-order valence-corrected chi connectivity index (χ2v) is 9.52. The van der Waals surface area contributed by atoms with Crippen molar-refractivity contribution in [1.82, 2.24) is 19.7 Å². The number of benzene rings is 2. The topological polar surface area (TPSA) is 103 Å². The number of rotatable bonds is 5. The first-order valence-electron chi connectivity index (χ1n) is 11.1. The Labute approximate surface area is 205 Å². The number of anilines is 1. The Morgan fingerprint density at radius 2 is 1.89 bits per heavy atom. The lowest BCUT2D eigenvalue weighted by molar-refractivity contribution is -0.116. The first-order valence-corrected chi connectivity index (χ1v) is 11.9. The van der Waals surface area contributed by atoms with Crippen LogP contribution in [0.3, 0.4) is 0 Å². The molecule has 3 aromatic heterocycles. The Balaban J connectivity index is 1.44. The SMILES string of the molecule is Cc1ccc(NC(=O)Cn2cnc3sc(-c4nc(-c5ccccc5C)no4)c(C)c3c2=O)c(C)c1. The van der Waals surface area contributed by atoms with Crippen LogP contribution >= 0.6 is 11.3 Å². The number of nitrogens with one attached hydrogen (secondary N) is 1. The number of fused-ring (bicyclic) bond motifs is 1. The number of thiophene rings is 1. The molecule has 9 heteroatoms. The molecule has 0 atom stereocenters. The van der Waals surface area contributed by atoms with E-state index in [0.29, 0.717) is 32.4 Å². The van der Waals surface area contributed by atoms with Crippen molar-refractivity contribution >= 4 is 33.1 Å². The van der Waals surface area contributed by atoms with Crippen LogP contribution in [0.1, 0.15) is 22.3 Å². The number of carbonyl (C=O) groups is 1. The molecule has 5 rings (SSSR count). The van der Waals surface area contributed by atoms with E-state index in [4.69, 9.17) is 4.52 Å². The van der Waals surface area contributed by atoms with Gasteiger partial charge in [-0.3, -0.25) is 14.2 Å². The maximum Gasteiger partial charge on any atom is 0.268 e. The normalized spacial score (nSPS) is 11.2. The highest BCUT2D eigenvalue weighted by Crippen LogP contribution is 2.35. The Morgan fingerprint density at radius 3 is 2.66 bits per heavy atom. The Kier molecular flexibility index (Phi) is 5.78. The van der Waals surface area contributed by atoms with E-state index in [1.165, 1.54) is 22.2 Å². The van der Waals surface area contributed by atoms with E-state index < -0.39 is 0 Å². The highest BCUT2D eigenvalue weighted by molar-refractivity contribution is 7.22. The summed E-state index contributed by atoms with van der Waals surface area (Å²) in [4.78, 5) is 36.1. The van der Waals surface area contributed by atoms with Crippen molar-refractivity contribution in [3.63, 3.8) is 0 Å². The van der Waals surface area contributed by atoms with Gasteiger partial charge in [0.05, 0.1) is 16.6 Å². The van der Waals surface area contributed by atoms with Gasteiger partial charge in [-0.15, -0.1) is 11.3 Å². The molecule has 0 saturated heterocycles. The summed E-state index contributed by atoms with van der Waals surface area (Å²) in [6.07, 6.45) is 1.40. The highest BCUT2D eigenvalue weighted by Gasteiger charge is 2.21. The summed E-state index contributed by atoms with van der Waals surface area (Å²) in [6, 6.07) is 13.6. The molecule has 1 N–H and O–H groups in total. The van der Waals surface area contributed by atoms with Gasteiger partial charge in [0.2, 0.25) is 11.7 Å². The van der Waals surface area contributed by atoms with Gasteiger partial charge in [-0.1, -0.05) is 47.1 Å².